The van der Waals surface area contributed by atoms with E-state index in [1.807, 2.05) is 30.1 Å². The predicted molar refractivity (Wildman–Crippen MR) is 116 cm³/mol. The van der Waals surface area contributed by atoms with Gasteiger partial charge in [-0.3, -0.25) is 14.8 Å². The van der Waals surface area contributed by atoms with Crippen LogP contribution in [0.25, 0.3) is 33.4 Å². The molecule has 0 aromatic carbocycles. The SMILES string of the molecule is Cc1nn(C)c(C)c1-c1cc(N2CCOCC2C)nc2c(-c3ccn[nH]3)nccc12. The highest BCUT2D eigenvalue weighted by Gasteiger charge is 2.24. The molecule has 0 amide bonds. The number of nitrogens with one attached hydrogen (secondary N) is 1. The fourth-order valence-electron chi connectivity index (χ4n) is 4.31. The molecule has 1 saturated heterocycles. The molecule has 0 bridgehead atoms. The van der Waals surface area contributed by atoms with Crippen molar-refractivity contribution in [3.8, 4) is 22.5 Å². The van der Waals surface area contributed by atoms with Gasteiger partial charge in [0.05, 0.1) is 30.6 Å². The average Bonchev–Trinajstić information content (AvgIpc) is 3.36. The summed E-state index contributed by atoms with van der Waals surface area (Å²) < 4.78 is 7.59. The Kier molecular flexibility index (Phi) is 4.51. The van der Waals surface area contributed by atoms with Crippen LogP contribution in [-0.4, -0.2) is 55.7 Å². The third-order valence-electron chi connectivity index (χ3n) is 5.91. The Hall–Kier alpha value is -3.26. The van der Waals surface area contributed by atoms with Crippen molar-refractivity contribution < 1.29 is 4.74 Å². The second-order valence-electron chi connectivity index (χ2n) is 7.84. The first kappa shape index (κ1) is 18.7. The smallest absolute Gasteiger partial charge is 0.130 e. The van der Waals surface area contributed by atoms with E-state index in [9.17, 15) is 0 Å². The Labute approximate surface area is 174 Å². The molecule has 0 spiro atoms. The van der Waals surface area contributed by atoms with E-state index in [0.717, 1.165) is 57.2 Å². The van der Waals surface area contributed by atoms with E-state index in [-0.39, 0.29) is 6.04 Å². The van der Waals surface area contributed by atoms with Crippen LogP contribution in [0, 0.1) is 13.8 Å². The van der Waals surface area contributed by atoms with Crippen LogP contribution < -0.4 is 4.90 Å². The van der Waals surface area contributed by atoms with Crippen molar-refractivity contribution >= 4 is 16.7 Å². The lowest BCUT2D eigenvalue weighted by Gasteiger charge is -2.34. The molecule has 4 aromatic rings. The first-order chi connectivity index (χ1) is 14.5. The molecule has 0 aliphatic carbocycles. The third-order valence-corrected chi connectivity index (χ3v) is 5.91. The first-order valence-electron chi connectivity index (χ1n) is 10.2. The number of fused-ring (bicyclic) bond motifs is 1. The molecule has 1 unspecified atom stereocenters. The molecule has 8 nitrogen and oxygen atoms in total. The zero-order valence-corrected chi connectivity index (χ0v) is 17.7. The summed E-state index contributed by atoms with van der Waals surface area (Å²) in [6, 6.07) is 6.40. The van der Waals surface area contributed by atoms with Crippen molar-refractivity contribution in [3.05, 3.63) is 42.0 Å². The number of anilines is 1. The van der Waals surface area contributed by atoms with Crippen LogP contribution in [0.4, 0.5) is 5.82 Å². The van der Waals surface area contributed by atoms with Crippen molar-refractivity contribution in [3.63, 3.8) is 0 Å². The lowest BCUT2D eigenvalue weighted by Crippen LogP contribution is -2.44. The molecular formula is C22H25N7O. The van der Waals surface area contributed by atoms with Crippen molar-refractivity contribution in [1.29, 1.82) is 0 Å². The van der Waals surface area contributed by atoms with Gasteiger partial charge in [-0.2, -0.15) is 10.2 Å². The topological polar surface area (TPSA) is 84.8 Å². The van der Waals surface area contributed by atoms with E-state index in [1.54, 1.807) is 6.20 Å². The molecule has 8 heteroatoms. The van der Waals surface area contributed by atoms with E-state index >= 15 is 0 Å². The number of aromatic nitrogens is 6. The third kappa shape index (κ3) is 2.95. The molecule has 1 fully saturated rings. The van der Waals surface area contributed by atoms with Gasteiger partial charge in [-0.25, -0.2) is 4.98 Å². The number of H-pyrrole nitrogens is 1. The van der Waals surface area contributed by atoms with E-state index in [1.165, 1.54) is 0 Å². The summed E-state index contributed by atoms with van der Waals surface area (Å²) in [6.45, 7) is 8.54. The monoisotopic (exact) mass is 403 g/mol. The number of rotatable bonds is 3. The molecule has 0 saturated carbocycles. The summed E-state index contributed by atoms with van der Waals surface area (Å²) in [5.74, 6) is 0.935. The Morgan fingerprint density at radius 1 is 1.20 bits per heavy atom. The molecule has 154 valence electrons. The fraction of sp³-hybridized carbons (Fsp3) is 0.364. The lowest BCUT2D eigenvalue weighted by molar-refractivity contribution is 0.0986. The van der Waals surface area contributed by atoms with Crippen LogP contribution in [0.3, 0.4) is 0 Å². The summed E-state index contributed by atoms with van der Waals surface area (Å²) in [5, 5.41) is 12.9. The number of ether oxygens (including phenoxy) is 1. The van der Waals surface area contributed by atoms with Gasteiger partial charge in [0.1, 0.15) is 17.0 Å². The highest BCUT2D eigenvalue weighted by Crippen LogP contribution is 2.37. The quantitative estimate of drug-likeness (QED) is 0.565. The van der Waals surface area contributed by atoms with Gasteiger partial charge in [-0.1, -0.05) is 0 Å². The molecule has 1 atom stereocenters. The second kappa shape index (κ2) is 7.21. The number of pyridine rings is 2. The van der Waals surface area contributed by atoms with Crippen LogP contribution in [0.1, 0.15) is 18.3 Å². The minimum absolute atomic E-state index is 0.250. The molecule has 1 aliphatic rings. The fourth-order valence-corrected chi connectivity index (χ4v) is 4.31. The number of hydrogen-bond acceptors (Lipinski definition) is 6. The molecule has 4 aromatic heterocycles. The average molecular weight is 403 g/mol. The summed E-state index contributed by atoms with van der Waals surface area (Å²) in [4.78, 5) is 12.0. The maximum Gasteiger partial charge on any atom is 0.130 e. The van der Waals surface area contributed by atoms with Crippen LogP contribution in [-0.2, 0) is 11.8 Å². The summed E-state index contributed by atoms with van der Waals surface area (Å²) >= 11 is 0. The van der Waals surface area contributed by atoms with Gasteiger partial charge in [-0.05, 0) is 44.5 Å². The van der Waals surface area contributed by atoms with Gasteiger partial charge in [0, 0.05) is 42.6 Å². The lowest BCUT2D eigenvalue weighted by atomic mass is 9.98. The van der Waals surface area contributed by atoms with Crippen LogP contribution in [0.5, 0.6) is 0 Å². The zero-order chi connectivity index (χ0) is 20.8. The van der Waals surface area contributed by atoms with Gasteiger partial charge in [-0.15, -0.1) is 0 Å². The Morgan fingerprint density at radius 3 is 2.77 bits per heavy atom. The maximum absolute atomic E-state index is 5.65. The second-order valence-corrected chi connectivity index (χ2v) is 7.84. The summed E-state index contributed by atoms with van der Waals surface area (Å²) in [6.07, 6.45) is 3.57. The van der Waals surface area contributed by atoms with Gasteiger partial charge in [0.2, 0.25) is 0 Å². The van der Waals surface area contributed by atoms with Crippen molar-refractivity contribution in [2.75, 3.05) is 24.7 Å². The molecule has 1 aliphatic heterocycles. The minimum atomic E-state index is 0.250. The number of aryl methyl sites for hydroxylation is 2. The summed E-state index contributed by atoms with van der Waals surface area (Å²) in [7, 11) is 1.98. The molecule has 1 N–H and O–H groups in total. The van der Waals surface area contributed by atoms with Crippen molar-refractivity contribution in [1.82, 2.24) is 29.9 Å². The molecule has 0 radical (unpaired) electrons. The maximum atomic E-state index is 5.65. The Morgan fingerprint density at radius 2 is 2.07 bits per heavy atom. The zero-order valence-electron chi connectivity index (χ0n) is 17.7. The van der Waals surface area contributed by atoms with E-state index in [0.29, 0.717) is 13.2 Å². The summed E-state index contributed by atoms with van der Waals surface area (Å²) in [5.41, 5.74) is 6.91. The molecule has 5 rings (SSSR count). The first-order valence-corrected chi connectivity index (χ1v) is 10.2. The van der Waals surface area contributed by atoms with Crippen molar-refractivity contribution in [2.45, 2.75) is 26.8 Å². The van der Waals surface area contributed by atoms with Gasteiger partial charge >= 0.3 is 0 Å². The number of nitrogens with zero attached hydrogens (tertiary/aromatic N) is 6. The van der Waals surface area contributed by atoms with Gasteiger partial charge in [0.25, 0.3) is 0 Å². The van der Waals surface area contributed by atoms with E-state index < -0.39 is 0 Å². The molecular weight excluding hydrogens is 378 g/mol. The molecule has 5 heterocycles. The molecule has 30 heavy (non-hydrogen) atoms. The van der Waals surface area contributed by atoms with E-state index in [2.05, 4.69) is 52.0 Å². The highest BCUT2D eigenvalue weighted by atomic mass is 16.5. The normalized spacial score (nSPS) is 17.1. The number of aromatic amines is 1. The van der Waals surface area contributed by atoms with Crippen LogP contribution in [0.2, 0.25) is 0 Å². The minimum Gasteiger partial charge on any atom is -0.377 e. The Bertz CT molecular complexity index is 1210. The van der Waals surface area contributed by atoms with Crippen LogP contribution in [0.15, 0.2) is 30.6 Å². The van der Waals surface area contributed by atoms with Crippen LogP contribution >= 0.6 is 0 Å². The number of morpholine rings is 1. The standard InChI is InChI=1S/C22H25N7O/c1-13-12-30-10-9-29(13)19-11-17(20-14(2)27-28(4)15(20)3)16-5-7-23-22(21(16)25-19)18-6-8-24-26-18/h5-8,11,13H,9-10,12H2,1-4H3,(H,24,26). The van der Waals surface area contributed by atoms with Gasteiger partial charge in [0.15, 0.2) is 0 Å². The Balaban J connectivity index is 1.83. The van der Waals surface area contributed by atoms with E-state index in [4.69, 9.17) is 9.72 Å². The largest absolute Gasteiger partial charge is 0.377 e. The van der Waals surface area contributed by atoms with Gasteiger partial charge < -0.3 is 9.64 Å². The van der Waals surface area contributed by atoms with Crippen molar-refractivity contribution in [2.24, 2.45) is 7.05 Å². The highest BCUT2D eigenvalue weighted by molar-refractivity contribution is 6.02. The number of hydrogen-bond donors (Lipinski definition) is 1. The predicted octanol–water partition coefficient (Wildman–Crippen LogP) is 3.26.